The van der Waals surface area contributed by atoms with Crippen molar-refractivity contribution in [2.24, 2.45) is 0 Å². The lowest BCUT2D eigenvalue weighted by atomic mass is 10.2. The molecule has 1 aromatic rings. The number of benzene rings is 1. The Morgan fingerprint density at radius 2 is 2.24 bits per heavy atom. The molecular weight excluding hydrogens is 280 g/mol. The Hall–Kier alpha value is -0.410. The van der Waals surface area contributed by atoms with Gasteiger partial charge in [-0.3, -0.25) is 0 Å². The standard InChI is InChI=1S/C12H14Cl3NO/c1-2-16-7-9-4-3-5-11(15)12(9)17-8-10(14)6-13/h3-6,16H,2,7-8H2,1H3/b10-6-. The lowest BCUT2D eigenvalue weighted by Crippen LogP contribution is -2.13. The maximum absolute atomic E-state index is 6.09. The highest BCUT2D eigenvalue weighted by atomic mass is 35.5. The molecule has 0 aliphatic carbocycles. The van der Waals surface area contributed by atoms with Crippen LogP contribution in [0.3, 0.4) is 0 Å². The summed E-state index contributed by atoms with van der Waals surface area (Å²) in [4.78, 5) is 0. The van der Waals surface area contributed by atoms with Crippen LogP contribution in [0.15, 0.2) is 28.8 Å². The SMILES string of the molecule is CCNCc1cccc(Cl)c1OC/C(Cl)=C/Cl. The molecule has 0 aliphatic rings. The molecule has 0 atom stereocenters. The van der Waals surface area contributed by atoms with Crippen LogP contribution in [0.25, 0.3) is 0 Å². The number of rotatable bonds is 6. The lowest BCUT2D eigenvalue weighted by Gasteiger charge is -2.12. The Bertz CT molecular complexity index is 393. The van der Waals surface area contributed by atoms with Gasteiger partial charge in [-0.2, -0.15) is 0 Å². The molecule has 1 rings (SSSR count). The molecule has 0 radical (unpaired) electrons. The summed E-state index contributed by atoms with van der Waals surface area (Å²) in [6.07, 6.45) is 0. The van der Waals surface area contributed by atoms with Crippen LogP contribution in [0.4, 0.5) is 0 Å². The molecule has 0 unspecified atom stereocenters. The van der Waals surface area contributed by atoms with Crippen LogP contribution in [-0.4, -0.2) is 13.2 Å². The molecule has 0 heterocycles. The predicted molar refractivity (Wildman–Crippen MR) is 74.1 cm³/mol. The predicted octanol–water partition coefficient (Wildman–Crippen LogP) is 4.15. The number of ether oxygens (including phenoxy) is 1. The first-order valence-electron chi connectivity index (χ1n) is 5.24. The summed E-state index contributed by atoms with van der Waals surface area (Å²) in [5.74, 6) is 0.645. The summed E-state index contributed by atoms with van der Waals surface area (Å²) in [7, 11) is 0. The van der Waals surface area contributed by atoms with Crippen molar-refractivity contribution in [2.75, 3.05) is 13.2 Å². The van der Waals surface area contributed by atoms with Crippen molar-refractivity contribution in [3.05, 3.63) is 39.4 Å². The molecule has 17 heavy (non-hydrogen) atoms. The Kier molecular flexibility index (Phi) is 6.75. The third-order valence-electron chi connectivity index (χ3n) is 2.09. The summed E-state index contributed by atoms with van der Waals surface area (Å²) in [5.41, 5.74) is 2.28. The second-order valence-corrected chi connectivity index (χ2v) is 4.46. The number of hydrogen-bond donors (Lipinski definition) is 1. The minimum absolute atomic E-state index is 0.216. The Balaban J connectivity index is 2.80. The summed E-state index contributed by atoms with van der Waals surface area (Å²) >= 11 is 17.3. The van der Waals surface area contributed by atoms with Crippen LogP contribution in [0.2, 0.25) is 5.02 Å². The monoisotopic (exact) mass is 293 g/mol. The van der Waals surface area contributed by atoms with Crippen molar-refractivity contribution in [3.8, 4) is 5.75 Å². The molecule has 0 saturated heterocycles. The van der Waals surface area contributed by atoms with Crippen molar-refractivity contribution in [2.45, 2.75) is 13.5 Å². The minimum Gasteiger partial charge on any atom is -0.486 e. The van der Waals surface area contributed by atoms with Crippen LogP contribution < -0.4 is 10.1 Å². The molecule has 0 spiro atoms. The quantitative estimate of drug-likeness (QED) is 0.851. The lowest BCUT2D eigenvalue weighted by molar-refractivity contribution is 0.354. The minimum atomic E-state index is 0.216. The highest BCUT2D eigenvalue weighted by Crippen LogP contribution is 2.29. The highest BCUT2D eigenvalue weighted by molar-refractivity contribution is 6.36. The number of hydrogen-bond acceptors (Lipinski definition) is 2. The van der Waals surface area contributed by atoms with Crippen LogP contribution in [0.1, 0.15) is 12.5 Å². The van der Waals surface area contributed by atoms with E-state index in [0.29, 0.717) is 22.3 Å². The molecule has 0 aliphatic heterocycles. The molecule has 0 amide bonds. The van der Waals surface area contributed by atoms with Gasteiger partial charge in [-0.1, -0.05) is 53.9 Å². The maximum Gasteiger partial charge on any atom is 0.142 e. The van der Waals surface area contributed by atoms with E-state index in [9.17, 15) is 0 Å². The Morgan fingerprint density at radius 3 is 2.88 bits per heavy atom. The highest BCUT2D eigenvalue weighted by Gasteiger charge is 2.08. The molecule has 5 heteroatoms. The van der Waals surface area contributed by atoms with E-state index < -0.39 is 0 Å². The fraction of sp³-hybridized carbons (Fsp3) is 0.333. The number of para-hydroxylation sites is 1. The van der Waals surface area contributed by atoms with Gasteiger partial charge in [0.2, 0.25) is 0 Å². The number of halogens is 3. The molecule has 1 aromatic carbocycles. The molecule has 0 saturated carbocycles. The second kappa shape index (κ2) is 7.83. The van der Waals surface area contributed by atoms with Crippen molar-refractivity contribution in [3.63, 3.8) is 0 Å². The molecule has 0 bridgehead atoms. The van der Waals surface area contributed by atoms with E-state index in [1.807, 2.05) is 19.1 Å². The molecule has 94 valence electrons. The van der Waals surface area contributed by atoms with Gasteiger partial charge in [0.05, 0.1) is 10.1 Å². The van der Waals surface area contributed by atoms with Gasteiger partial charge in [-0.25, -0.2) is 0 Å². The zero-order valence-electron chi connectivity index (χ0n) is 9.47. The van der Waals surface area contributed by atoms with Gasteiger partial charge in [0.1, 0.15) is 12.4 Å². The Morgan fingerprint density at radius 1 is 1.47 bits per heavy atom. The summed E-state index contributed by atoms with van der Waals surface area (Å²) in [5, 5.41) is 4.22. The van der Waals surface area contributed by atoms with Crippen molar-refractivity contribution in [1.82, 2.24) is 5.32 Å². The maximum atomic E-state index is 6.09. The summed E-state index contributed by atoms with van der Waals surface area (Å²) < 4.78 is 5.56. The van der Waals surface area contributed by atoms with Crippen LogP contribution >= 0.6 is 34.8 Å². The van der Waals surface area contributed by atoms with Gasteiger partial charge in [0.15, 0.2) is 0 Å². The van der Waals surface area contributed by atoms with E-state index in [1.165, 1.54) is 5.54 Å². The van der Waals surface area contributed by atoms with E-state index >= 15 is 0 Å². The van der Waals surface area contributed by atoms with Gasteiger partial charge in [0.25, 0.3) is 0 Å². The Labute approximate surface area is 117 Å². The zero-order chi connectivity index (χ0) is 12.7. The molecule has 0 aromatic heterocycles. The summed E-state index contributed by atoms with van der Waals surface area (Å²) in [6, 6.07) is 5.63. The van der Waals surface area contributed by atoms with E-state index in [-0.39, 0.29) is 6.61 Å². The fourth-order valence-corrected chi connectivity index (χ4v) is 1.65. The third kappa shape index (κ3) is 4.76. The van der Waals surface area contributed by atoms with Crippen molar-refractivity contribution in [1.29, 1.82) is 0 Å². The third-order valence-corrected chi connectivity index (χ3v) is 2.98. The van der Waals surface area contributed by atoms with Crippen molar-refractivity contribution >= 4 is 34.8 Å². The van der Waals surface area contributed by atoms with Gasteiger partial charge < -0.3 is 10.1 Å². The van der Waals surface area contributed by atoms with E-state index in [0.717, 1.165) is 12.1 Å². The normalized spacial score (nSPS) is 11.6. The smallest absolute Gasteiger partial charge is 0.142 e. The fourth-order valence-electron chi connectivity index (χ4n) is 1.29. The molecule has 2 nitrogen and oxygen atoms in total. The first-order chi connectivity index (χ1) is 8.19. The molecular formula is C12H14Cl3NO. The van der Waals surface area contributed by atoms with Gasteiger partial charge in [-0.15, -0.1) is 0 Å². The molecule has 1 N–H and O–H groups in total. The first-order valence-corrected chi connectivity index (χ1v) is 6.44. The zero-order valence-corrected chi connectivity index (χ0v) is 11.7. The summed E-state index contributed by atoms with van der Waals surface area (Å²) in [6.45, 7) is 3.84. The van der Waals surface area contributed by atoms with Gasteiger partial charge in [0, 0.05) is 17.6 Å². The van der Waals surface area contributed by atoms with Gasteiger partial charge in [-0.05, 0) is 12.6 Å². The average Bonchev–Trinajstić information content (AvgIpc) is 2.34. The van der Waals surface area contributed by atoms with Crippen LogP contribution in [0, 0.1) is 0 Å². The van der Waals surface area contributed by atoms with E-state index in [4.69, 9.17) is 39.5 Å². The van der Waals surface area contributed by atoms with E-state index in [1.54, 1.807) is 6.07 Å². The average molecular weight is 295 g/mol. The van der Waals surface area contributed by atoms with Crippen molar-refractivity contribution < 1.29 is 4.74 Å². The van der Waals surface area contributed by atoms with E-state index in [2.05, 4.69) is 5.32 Å². The topological polar surface area (TPSA) is 21.3 Å². The van der Waals surface area contributed by atoms with Crippen LogP contribution in [0.5, 0.6) is 5.75 Å². The van der Waals surface area contributed by atoms with Crippen LogP contribution in [-0.2, 0) is 6.54 Å². The molecule has 0 fully saturated rings. The largest absolute Gasteiger partial charge is 0.486 e. The second-order valence-electron chi connectivity index (χ2n) is 3.35. The first kappa shape index (κ1) is 14.7. The van der Waals surface area contributed by atoms with Gasteiger partial charge >= 0.3 is 0 Å². The number of nitrogens with one attached hydrogen (secondary N) is 1.